The SMILES string of the molecule is CC(=O)Nc1cccc(C(=O)Nc2ccc(N)cc2)c1. The number of nitrogens with one attached hydrogen (secondary N) is 2. The van der Waals surface area contributed by atoms with Crippen LogP contribution < -0.4 is 16.4 Å². The topological polar surface area (TPSA) is 84.2 Å². The average Bonchev–Trinajstić information content (AvgIpc) is 2.41. The largest absolute Gasteiger partial charge is 0.399 e. The maximum absolute atomic E-state index is 12.1. The van der Waals surface area contributed by atoms with Gasteiger partial charge in [0.05, 0.1) is 0 Å². The Hall–Kier alpha value is -2.82. The van der Waals surface area contributed by atoms with Gasteiger partial charge in [-0.2, -0.15) is 0 Å². The maximum Gasteiger partial charge on any atom is 0.255 e. The molecule has 2 amide bonds. The van der Waals surface area contributed by atoms with Crippen molar-refractivity contribution in [3.8, 4) is 0 Å². The third kappa shape index (κ3) is 3.58. The molecule has 5 nitrogen and oxygen atoms in total. The molecule has 0 aliphatic heterocycles. The molecule has 2 rings (SSSR count). The van der Waals surface area contributed by atoms with Gasteiger partial charge in [-0.25, -0.2) is 0 Å². The Balaban J connectivity index is 2.12. The first-order chi connectivity index (χ1) is 9.54. The van der Waals surface area contributed by atoms with Crippen molar-refractivity contribution >= 4 is 28.9 Å². The van der Waals surface area contributed by atoms with Crippen LogP contribution in [0.4, 0.5) is 17.1 Å². The minimum absolute atomic E-state index is 0.180. The molecule has 0 bridgehead atoms. The molecule has 4 N–H and O–H groups in total. The van der Waals surface area contributed by atoms with Crippen molar-refractivity contribution in [2.45, 2.75) is 6.92 Å². The zero-order valence-electron chi connectivity index (χ0n) is 11.0. The Morgan fingerprint density at radius 3 is 2.30 bits per heavy atom. The van der Waals surface area contributed by atoms with Crippen LogP contribution in [-0.2, 0) is 4.79 Å². The molecule has 102 valence electrons. The van der Waals surface area contributed by atoms with Gasteiger partial charge in [0, 0.05) is 29.5 Å². The summed E-state index contributed by atoms with van der Waals surface area (Å²) in [6.07, 6.45) is 0. The number of carbonyl (C=O) groups excluding carboxylic acids is 2. The fraction of sp³-hybridized carbons (Fsp3) is 0.0667. The van der Waals surface area contributed by atoms with Crippen LogP contribution in [0.15, 0.2) is 48.5 Å². The first-order valence-electron chi connectivity index (χ1n) is 6.09. The second kappa shape index (κ2) is 5.88. The average molecular weight is 269 g/mol. The highest BCUT2D eigenvalue weighted by molar-refractivity contribution is 6.05. The first kappa shape index (κ1) is 13.6. The van der Waals surface area contributed by atoms with Crippen LogP contribution in [0.1, 0.15) is 17.3 Å². The van der Waals surface area contributed by atoms with E-state index >= 15 is 0 Å². The first-order valence-corrected chi connectivity index (χ1v) is 6.09. The highest BCUT2D eigenvalue weighted by Gasteiger charge is 2.07. The summed E-state index contributed by atoms with van der Waals surface area (Å²) in [7, 11) is 0. The molecule has 5 heteroatoms. The zero-order chi connectivity index (χ0) is 14.5. The number of anilines is 3. The summed E-state index contributed by atoms with van der Waals surface area (Å²) in [4.78, 5) is 23.1. The molecular formula is C15H15N3O2. The Morgan fingerprint density at radius 1 is 0.950 bits per heavy atom. The lowest BCUT2D eigenvalue weighted by atomic mass is 10.2. The fourth-order valence-electron chi connectivity index (χ4n) is 1.71. The third-order valence-electron chi connectivity index (χ3n) is 2.61. The van der Waals surface area contributed by atoms with Gasteiger partial charge in [0.15, 0.2) is 0 Å². The summed E-state index contributed by atoms with van der Waals surface area (Å²) in [6.45, 7) is 1.42. The predicted octanol–water partition coefficient (Wildman–Crippen LogP) is 2.48. The van der Waals surface area contributed by atoms with Gasteiger partial charge in [-0.3, -0.25) is 9.59 Å². The molecule has 0 heterocycles. The number of nitrogens with two attached hydrogens (primary N) is 1. The lowest BCUT2D eigenvalue weighted by Gasteiger charge is -2.07. The summed E-state index contributed by atoms with van der Waals surface area (Å²) >= 11 is 0. The van der Waals surface area contributed by atoms with E-state index in [9.17, 15) is 9.59 Å². The molecule has 0 saturated heterocycles. The van der Waals surface area contributed by atoms with Crippen LogP contribution >= 0.6 is 0 Å². The lowest BCUT2D eigenvalue weighted by Crippen LogP contribution is -2.13. The zero-order valence-corrected chi connectivity index (χ0v) is 11.0. The van der Waals surface area contributed by atoms with Crippen molar-refractivity contribution in [3.05, 3.63) is 54.1 Å². The van der Waals surface area contributed by atoms with E-state index in [0.717, 1.165) is 0 Å². The molecule has 0 aromatic heterocycles. The highest BCUT2D eigenvalue weighted by Crippen LogP contribution is 2.14. The quantitative estimate of drug-likeness (QED) is 0.748. The van der Waals surface area contributed by atoms with Crippen molar-refractivity contribution in [2.24, 2.45) is 0 Å². The van der Waals surface area contributed by atoms with E-state index in [0.29, 0.717) is 22.6 Å². The molecule has 0 unspecified atom stereocenters. The van der Waals surface area contributed by atoms with Crippen LogP contribution in [0.25, 0.3) is 0 Å². The molecule has 0 atom stereocenters. The molecule has 0 aliphatic rings. The maximum atomic E-state index is 12.1. The van der Waals surface area contributed by atoms with E-state index < -0.39 is 0 Å². The summed E-state index contributed by atoms with van der Waals surface area (Å²) in [5.41, 5.74) is 7.93. The summed E-state index contributed by atoms with van der Waals surface area (Å²) in [5.74, 6) is -0.428. The van der Waals surface area contributed by atoms with Crippen molar-refractivity contribution in [2.75, 3.05) is 16.4 Å². The Kier molecular flexibility index (Phi) is 4.00. The number of benzene rings is 2. The smallest absolute Gasteiger partial charge is 0.255 e. The van der Waals surface area contributed by atoms with Crippen molar-refractivity contribution in [3.63, 3.8) is 0 Å². The normalized spacial score (nSPS) is 9.85. The molecular weight excluding hydrogens is 254 g/mol. The Morgan fingerprint density at radius 2 is 1.65 bits per heavy atom. The van der Waals surface area contributed by atoms with Gasteiger partial charge in [-0.15, -0.1) is 0 Å². The van der Waals surface area contributed by atoms with Gasteiger partial charge < -0.3 is 16.4 Å². The van der Waals surface area contributed by atoms with Crippen molar-refractivity contribution < 1.29 is 9.59 Å². The second-order valence-corrected chi connectivity index (χ2v) is 4.34. The molecule has 0 spiro atoms. The fourth-order valence-corrected chi connectivity index (χ4v) is 1.71. The molecule has 0 fully saturated rings. The molecule has 0 saturated carbocycles. The van der Waals surface area contributed by atoms with Crippen LogP contribution in [0.3, 0.4) is 0 Å². The standard InChI is InChI=1S/C15H15N3O2/c1-10(19)17-14-4-2-3-11(9-14)15(20)18-13-7-5-12(16)6-8-13/h2-9H,16H2,1H3,(H,17,19)(H,18,20). The molecule has 0 aliphatic carbocycles. The van der Waals surface area contributed by atoms with E-state index in [4.69, 9.17) is 5.73 Å². The lowest BCUT2D eigenvalue weighted by molar-refractivity contribution is -0.114. The number of hydrogen-bond acceptors (Lipinski definition) is 3. The molecule has 20 heavy (non-hydrogen) atoms. The molecule has 2 aromatic carbocycles. The van der Waals surface area contributed by atoms with Gasteiger partial charge in [-0.05, 0) is 42.5 Å². The highest BCUT2D eigenvalue weighted by atomic mass is 16.2. The van der Waals surface area contributed by atoms with Crippen LogP contribution in [0, 0.1) is 0 Å². The van der Waals surface area contributed by atoms with Crippen molar-refractivity contribution in [1.29, 1.82) is 0 Å². The number of rotatable bonds is 3. The van der Waals surface area contributed by atoms with E-state index in [1.807, 2.05) is 0 Å². The van der Waals surface area contributed by atoms with Gasteiger partial charge in [0.2, 0.25) is 5.91 Å². The second-order valence-electron chi connectivity index (χ2n) is 4.34. The minimum atomic E-state index is -0.248. The van der Waals surface area contributed by atoms with E-state index in [2.05, 4.69) is 10.6 Å². The van der Waals surface area contributed by atoms with E-state index in [1.165, 1.54) is 6.92 Å². The van der Waals surface area contributed by atoms with Gasteiger partial charge in [0.1, 0.15) is 0 Å². The Bertz CT molecular complexity index is 636. The monoisotopic (exact) mass is 269 g/mol. The third-order valence-corrected chi connectivity index (χ3v) is 2.61. The Labute approximate surface area is 116 Å². The number of nitrogen functional groups attached to an aromatic ring is 1. The number of hydrogen-bond donors (Lipinski definition) is 3. The van der Waals surface area contributed by atoms with Crippen LogP contribution in [-0.4, -0.2) is 11.8 Å². The van der Waals surface area contributed by atoms with Crippen LogP contribution in [0.2, 0.25) is 0 Å². The van der Waals surface area contributed by atoms with E-state index in [1.54, 1.807) is 48.5 Å². The predicted molar refractivity (Wildman–Crippen MR) is 79.6 cm³/mol. The van der Waals surface area contributed by atoms with Gasteiger partial charge >= 0.3 is 0 Å². The minimum Gasteiger partial charge on any atom is -0.399 e. The summed E-state index contributed by atoms with van der Waals surface area (Å²) < 4.78 is 0. The van der Waals surface area contributed by atoms with Gasteiger partial charge in [0.25, 0.3) is 5.91 Å². The molecule has 0 radical (unpaired) electrons. The summed E-state index contributed by atoms with van der Waals surface area (Å²) in [6, 6.07) is 13.6. The van der Waals surface area contributed by atoms with Crippen molar-refractivity contribution in [1.82, 2.24) is 0 Å². The van der Waals surface area contributed by atoms with E-state index in [-0.39, 0.29) is 11.8 Å². The van der Waals surface area contributed by atoms with Gasteiger partial charge in [-0.1, -0.05) is 6.07 Å². The number of carbonyl (C=O) groups is 2. The summed E-state index contributed by atoms with van der Waals surface area (Å²) in [5, 5.41) is 5.39. The molecule has 2 aromatic rings. The number of amides is 2. The van der Waals surface area contributed by atoms with Crippen LogP contribution in [0.5, 0.6) is 0 Å².